The standard InChI is InChI=1S/C12H23N3O2/c1-10(15-7-3-4-8-15)9-14-12(17)5-6-13-11(2)16/h10H,3-9H2,1-2H3,(H,13,16)(H,14,17). The van der Waals surface area contributed by atoms with E-state index < -0.39 is 0 Å². The number of likely N-dealkylation sites (tertiary alicyclic amines) is 1. The van der Waals surface area contributed by atoms with Crippen molar-refractivity contribution in [1.82, 2.24) is 15.5 Å². The topological polar surface area (TPSA) is 61.4 Å². The van der Waals surface area contributed by atoms with Crippen molar-refractivity contribution in [1.29, 1.82) is 0 Å². The average molecular weight is 241 g/mol. The molecule has 0 aromatic rings. The first-order valence-electron chi connectivity index (χ1n) is 6.35. The number of carbonyl (C=O) groups is 2. The predicted octanol–water partition coefficient (Wildman–Crippen LogP) is 0.113. The summed E-state index contributed by atoms with van der Waals surface area (Å²) in [6, 6.07) is 0.405. The molecule has 2 N–H and O–H groups in total. The van der Waals surface area contributed by atoms with E-state index in [2.05, 4.69) is 22.5 Å². The molecule has 1 fully saturated rings. The van der Waals surface area contributed by atoms with Crippen LogP contribution >= 0.6 is 0 Å². The summed E-state index contributed by atoms with van der Waals surface area (Å²) in [5.41, 5.74) is 0. The lowest BCUT2D eigenvalue weighted by Crippen LogP contribution is -2.41. The number of amides is 2. The fourth-order valence-electron chi connectivity index (χ4n) is 2.01. The SMILES string of the molecule is CC(=O)NCCC(=O)NCC(C)N1CCCC1. The zero-order chi connectivity index (χ0) is 12.7. The molecular weight excluding hydrogens is 218 g/mol. The fraction of sp³-hybridized carbons (Fsp3) is 0.833. The van der Waals surface area contributed by atoms with Crippen molar-refractivity contribution in [2.45, 2.75) is 39.2 Å². The lowest BCUT2D eigenvalue weighted by atomic mass is 10.3. The fourth-order valence-corrected chi connectivity index (χ4v) is 2.01. The maximum atomic E-state index is 11.5. The molecule has 0 radical (unpaired) electrons. The van der Waals surface area contributed by atoms with Gasteiger partial charge in [-0.05, 0) is 32.9 Å². The van der Waals surface area contributed by atoms with Crippen molar-refractivity contribution in [2.24, 2.45) is 0 Å². The number of nitrogens with one attached hydrogen (secondary N) is 2. The molecule has 2 amide bonds. The van der Waals surface area contributed by atoms with Gasteiger partial charge in [-0.1, -0.05) is 0 Å². The largest absolute Gasteiger partial charge is 0.356 e. The van der Waals surface area contributed by atoms with Crippen molar-refractivity contribution < 1.29 is 9.59 Å². The minimum absolute atomic E-state index is 0.00444. The zero-order valence-corrected chi connectivity index (χ0v) is 10.8. The molecule has 0 aliphatic carbocycles. The zero-order valence-electron chi connectivity index (χ0n) is 10.8. The Morgan fingerprint density at radius 2 is 1.88 bits per heavy atom. The van der Waals surface area contributed by atoms with Crippen molar-refractivity contribution in [3.63, 3.8) is 0 Å². The van der Waals surface area contributed by atoms with Crippen molar-refractivity contribution in [2.75, 3.05) is 26.2 Å². The monoisotopic (exact) mass is 241 g/mol. The maximum Gasteiger partial charge on any atom is 0.221 e. The summed E-state index contributed by atoms with van der Waals surface area (Å²) < 4.78 is 0. The molecule has 1 rings (SSSR count). The van der Waals surface area contributed by atoms with E-state index in [1.165, 1.54) is 19.8 Å². The summed E-state index contributed by atoms with van der Waals surface area (Å²) in [6.07, 6.45) is 2.88. The van der Waals surface area contributed by atoms with E-state index in [1.54, 1.807) is 0 Å². The second-order valence-corrected chi connectivity index (χ2v) is 4.63. The van der Waals surface area contributed by atoms with Crippen molar-refractivity contribution in [3.8, 4) is 0 Å². The number of hydrogen-bond donors (Lipinski definition) is 2. The molecule has 0 spiro atoms. The lowest BCUT2D eigenvalue weighted by Gasteiger charge is -2.23. The molecule has 1 heterocycles. The minimum Gasteiger partial charge on any atom is -0.356 e. The molecule has 5 heteroatoms. The molecule has 0 aromatic carbocycles. The van der Waals surface area contributed by atoms with Gasteiger partial charge in [0, 0.05) is 32.5 Å². The summed E-state index contributed by atoms with van der Waals surface area (Å²) in [5, 5.41) is 5.51. The summed E-state index contributed by atoms with van der Waals surface area (Å²) in [6.45, 7) is 6.98. The molecule has 1 aliphatic heterocycles. The van der Waals surface area contributed by atoms with Gasteiger partial charge in [-0.2, -0.15) is 0 Å². The van der Waals surface area contributed by atoms with Crippen LogP contribution in [0, 0.1) is 0 Å². The van der Waals surface area contributed by atoms with Gasteiger partial charge < -0.3 is 10.6 Å². The van der Waals surface area contributed by atoms with E-state index in [1.807, 2.05) is 0 Å². The number of hydrogen-bond acceptors (Lipinski definition) is 3. The van der Waals surface area contributed by atoms with Crippen LogP contribution in [0.1, 0.15) is 33.1 Å². The third kappa shape index (κ3) is 5.68. The Balaban J connectivity index is 2.08. The summed E-state index contributed by atoms with van der Waals surface area (Å²) >= 11 is 0. The van der Waals surface area contributed by atoms with E-state index in [4.69, 9.17) is 0 Å². The minimum atomic E-state index is -0.0942. The van der Waals surface area contributed by atoms with Crippen LogP contribution < -0.4 is 10.6 Å². The molecule has 1 saturated heterocycles. The van der Waals surface area contributed by atoms with Gasteiger partial charge in [-0.3, -0.25) is 14.5 Å². The van der Waals surface area contributed by atoms with Crippen LogP contribution in [0.15, 0.2) is 0 Å². The Morgan fingerprint density at radius 3 is 2.47 bits per heavy atom. The Hall–Kier alpha value is -1.10. The molecule has 0 aromatic heterocycles. The van der Waals surface area contributed by atoms with Crippen molar-refractivity contribution in [3.05, 3.63) is 0 Å². The van der Waals surface area contributed by atoms with Gasteiger partial charge in [0.05, 0.1) is 0 Å². The van der Waals surface area contributed by atoms with Crippen LogP contribution in [0.4, 0.5) is 0 Å². The maximum absolute atomic E-state index is 11.5. The second kappa shape index (κ2) is 7.27. The van der Waals surface area contributed by atoms with Gasteiger partial charge in [0.2, 0.25) is 11.8 Å². The van der Waals surface area contributed by atoms with Gasteiger partial charge in [-0.15, -0.1) is 0 Å². The number of nitrogens with zero attached hydrogens (tertiary/aromatic N) is 1. The molecule has 0 saturated carbocycles. The van der Waals surface area contributed by atoms with Crippen LogP contribution in [0.5, 0.6) is 0 Å². The molecule has 17 heavy (non-hydrogen) atoms. The summed E-state index contributed by atoms with van der Waals surface area (Å²) in [5.74, 6) is -0.0898. The normalized spacial score (nSPS) is 17.8. The van der Waals surface area contributed by atoms with Crippen LogP contribution in [0.2, 0.25) is 0 Å². The quantitative estimate of drug-likeness (QED) is 0.694. The molecule has 0 bridgehead atoms. The van der Waals surface area contributed by atoms with Gasteiger partial charge in [0.25, 0.3) is 0 Å². The van der Waals surface area contributed by atoms with Gasteiger partial charge >= 0.3 is 0 Å². The van der Waals surface area contributed by atoms with Gasteiger partial charge in [0.15, 0.2) is 0 Å². The third-order valence-electron chi connectivity index (χ3n) is 3.08. The van der Waals surface area contributed by atoms with Crippen LogP contribution in [-0.2, 0) is 9.59 Å². The molecule has 1 unspecified atom stereocenters. The first-order chi connectivity index (χ1) is 8.09. The highest BCUT2D eigenvalue weighted by molar-refractivity contribution is 5.77. The highest BCUT2D eigenvalue weighted by Gasteiger charge is 2.18. The van der Waals surface area contributed by atoms with E-state index in [-0.39, 0.29) is 11.8 Å². The first kappa shape index (κ1) is 14.0. The Bertz CT molecular complexity index is 262. The van der Waals surface area contributed by atoms with E-state index in [0.717, 1.165) is 13.1 Å². The molecule has 98 valence electrons. The molecular formula is C12H23N3O2. The Labute approximate surface area is 103 Å². The number of carbonyl (C=O) groups excluding carboxylic acids is 2. The average Bonchev–Trinajstić information content (AvgIpc) is 2.78. The lowest BCUT2D eigenvalue weighted by molar-refractivity contribution is -0.121. The summed E-state index contributed by atoms with van der Waals surface area (Å²) in [4.78, 5) is 24.5. The molecule has 1 aliphatic rings. The highest BCUT2D eigenvalue weighted by Crippen LogP contribution is 2.10. The Morgan fingerprint density at radius 1 is 1.24 bits per heavy atom. The smallest absolute Gasteiger partial charge is 0.221 e. The van der Waals surface area contributed by atoms with E-state index in [0.29, 0.717) is 25.6 Å². The highest BCUT2D eigenvalue weighted by atomic mass is 16.2. The Kier molecular flexibility index (Phi) is 5.97. The second-order valence-electron chi connectivity index (χ2n) is 4.63. The van der Waals surface area contributed by atoms with Gasteiger partial charge in [0.1, 0.15) is 0 Å². The predicted molar refractivity (Wildman–Crippen MR) is 66.6 cm³/mol. The molecule has 1 atom stereocenters. The van der Waals surface area contributed by atoms with E-state index in [9.17, 15) is 9.59 Å². The van der Waals surface area contributed by atoms with Gasteiger partial charge in [-0.25, -0.2) is 0 Å². The molecule has 5 nitrogen and oxygen atoms in total. The summed E-state index contributed by atoms with van der Waals surface area (Å²) in [7, 11) is 0. The van der Waals surface area contributed by atoms with Crippen LogP contribution in [0.25, 0.3) is 0 Å². The third-order valence-corrected chi connectivity index (χ3v) is 3.08. The van der Waals surface area contributed by atoms with Crippen LogP contribution in [0.3, 0.4) is 0 Å². The van der Waals surface area contributed by atoms with Crippen molar-refractivity contribution >= 4 is 11.8 Å². The van der Waals surface area contributed by atoms with E-state index >= 15 is 0 Å². The van der Waals surface area contributed by atoms with Crippen LogP contribution in [-0.4, -0.2) is 48.9 Å². The first-order valence-corrected chi connectivity index (χ1v) is 6.35. The number of rotatable bonds is 6.